The molecule has 19 heavy (non-hydrogen) atoms. The van der Waals surface area contributed by atoms with E-state index < -0.39 is 0 Å². The van der Waals surface area contributed by atoms with E-state index >= 15 is 0 Å². The largest absolute Gasteiger partial charge is 0.494 e. The SMILES string of the molecule is O=C1CC(CO)CN1CCCOc1ccc(F)cc1. The molecule has 0 bridgehead atoms. The van der Waals surface area contributed by atoms with Crippen molar-refractivity contribution in [3.63, 3.8) is 0 Å². The fourth-order valence-electron chi connectivity index (χ4n) is 2.17. The lowest BCUT2D eigenvalue weighted by molar-refractivity contribution is -0.127. The van der Waals surface area contributed by atoms with E-state index in [1.807, 2.05) is 0 Å². The van der Waals surface area contributed by atoms with Crippen LogP contribution in [0.2, 0.25) is 0 Å². The molecule has 1 fully saturated rings. The minimum Gasteiger partial charge on any atom is -0.494 e. The summed E-state index contributed by atoms with van der Waals surface area (Å²) in [5.41, 5.74) is 0. The van der Waals surface area contributed by atoms with Crippen LogP contribution in [0.1, 0.15) is 12.8 Å². The molecule has 1 aliphatic rings. The van der Waals surface area contributed by atoms with Gasteiger partial charge in [0.1, 0.15) is 11.6 Å². The molecule has 104 valence electrons. The number of carbonyl (C=O) groups excluding carboxylic acids is 1. The zero-order valence-corrected chi connectivity index (χ0v) is 10.7. The summed E-state index contributed by atoms with van der Waals surface area (Å²) in [7, 11) is 0. The van der Waals surface area contributed by atoms with Gasteiger partial charge in [-0.05, 0) is 30.7 Å². The minimum atomic E-state index is -0.287. The van der Waals surface area contributed by atoms with Crippen LogP contribution in [0.25, 0.3) is 0 Å². The maximum Gasteiger partial charge on any atom is 0.223 e. The number of hydrogen-bond donors (Lipinski definition) is 1. The lowest BCUT2D eigenvalue weighted by Gasteiger charge is -2.16. The van der Waals surface area contributed by atoms with Gasteiger partial charge in [0.05, 0.1) is 6.61 Å². The van der Waals surface area contributed by atoms with E-state index in [-0.39, 0.29) is 24.2 Å². The van der Waals surface area contributed by atoms with Crippen molar-refractivity contribution in [2.45, 2.75) is 12.8 Å². The predicted octanol–water partition coefficient (Wildman–Crippen LogP) is 1.44. The highest BCUT2D eigenvalue weighted by atomic mass is 19.1. The summed E-state index contributed by atoms with van der Waals surface area (Å²) in [6.45, 7) is 1.82. The Morgan fingerprint density at radius 1 is 1.37 bits per heavy atom. The number of likely N-dealkylation sites (tertiary alicyclic amines) is 1. The molecule has 5 heteroatoms. The zero-order valence-electron chi connectivity index (χ0n) is 10.7. The minimum absolute atomic E-state index is 0.0638. The molecular formula is C14H18FNO3. The first-order valence-electron chi connectivity index (χ1n) is 6.46. The van der Waals surface area contributed by atoms with E-state index in [9.17, 15) is 9.18 Å². The second-order valence-electron chi connectivity index (χ2n) is 4.75. The molecule has 1 heterocycles. The molecule has 1 aliphatic heterocycles. The fraction of sp³-hybridized carbons (Fsp3) is 0.500. The highest BCUT2D eigenvalue weighted by molar-refractivity contribution is 5.78. The van der Waals surface area contributed by atoms with Gasteiger partial charge in [-0.1, -0.05) is 0 Å². The third kappa shape index (κ3) is 3.92. The molecule has 0 aromatic heterocycles. The van der Waals surface area contributed by atoms with Gasteiger partial charge in [0.15, 0.2) is 0 Å². The van der Waals surface area contributed by atoms with Crippen molar-refractivity contribution < 1.29 is 19.0 Å². The highest BCUT2D eigenvalue weighted by Crippen LogP contribution is 2.17. The molecule has 1 atom stereocenters. The molecule has 0 aliphatic carbocycles. The first kappa shape index (κ1) is 13.8. The molecule has 4 nitrogen and oxygen atoms in total. The number of rotatable bonds is 6. The van der Waals surface area contributed by atoms with Crippen molar-refractivity contribution in [2.24, 2.45) is 5.92 Å². The van der Waals surface area contributed by atoms with E-state index in [1.165, 1.54) is 12.1 Å². The van der Waals surface area contributed by atoms with Gasteiger partial charge in [-0.25, -0.2) is 4.39 Å². The molecule has 1 saturated heterocycles. The van der Waals surface area contributed by atoms with Crippen molar-refractivity contribution >= 4 is 5.91 Å². The van der Waals surface area contributed by atoms with Crippen LogP contribution in [0, 0.1) is 11.7 Å². The third-order valence-electron chi connectivity index (χ3n) is 3.21. The second-order valence-corrected chi connectivity index (χ2v) is 4.75. The molecule has 1 N–H and O–H groups in total. The average molecular weight is 267 g/mol. The number of hydrogen-bond acceptors (Lipinski definition) is 3. The summed E-state index contributed by atoms with van der Waals surface area (Å²) in [6.07, 6.45) is 1.16. The number of aliphatic hydroxyl groups excluding tert-OH is 1. The lowest BCUT2D eigenvalue weighted by atomic mass is 10.1. The number of amides is 1. The van der Waals surface area contributed by atoms with Crippen molar-refractivity contribution in [2.75, 3.05) is 26.3 Å². The van der Waals surface area contributed by atoms with Crippen LogP contribution in [0.5, 0.6) is 5.75 Å². The van der Waals surface area contributed by atoms with E-state index in [4.69, 9.17) is 9.84 Å². The Kier molecular flexibility index (Phi) is 4.74. The molecule has 1 aromatic carbocycles. The Bertz CT molecular complexity index is 421. The van der Waals surface area contributed by atoms with E-state index in [2.05, 4.69) is 0 Å². The van der Waals surface area contributed by atoms with Crippen molar-refractivity contribution in [1.29, 1.82) is 0 Å². The van der Waals surface area contributed by atoms with E-state index in [1.54, 1.807) is 17.0 Å². The van der Waals surface area contributed by atoms with Crippen LogP contribution in [0.3, 0.4) is 0 Å². The highest BCUT2D eigenvalue weighted by Gasteiger charge is 2.28. The summed E-state index contributed by atoms with van der Waals surface area (Å²) >= 11 is 0. The molecule has 0 saturated carbocycles. The van der Waals surface area contributed by atoms with Crippen LogP contribution < -0.4 is 4.74 Å². The molecule has 1 unspecified atom stereocenters. The Hall–Kier alpha value is -1.62. The summed E-state index contributed by atoms with van der Waals surface area (Å²) < 4.78 is 18.1. The molecule has 0 radical (unpaired) electrons. The van der Waals surface area contributed by atoms with Crippen molar-refractivity contribution in [3.05, 3.63) is 30.1 Å². The molecule has 1 amide bonds. The van der Waals surface area contributed by atoms with Crippen LogP contribution in [0.4, 0.5) is 4.39 Å². The first-order chi connectivity index (χ1) is 9.19. The van der Waals surface area contributed by atoms with Gasteiger partial charge in [0, 0.05) is 32.0 Å². The van der Waals surface area contributed by atoms with Gasteiger partial charge in [0.25, 0.3) is 0 Å². The fourth-order valence-corrected chi connectivity index (χ4v) is 2.17. The van der Waals surface area contributed by atoms with Crippen LogP contribution in [-0.4, -0.2) is 42.2 Å². The maximum atomic E-state index is 12.7. The van der Waals surface area contributed by atoms with Gasteiger partial charge < -0.3 is 14.7 Å². The van der Waals surface area contributed by atoms with E-state index in [0.717, 1.165) is 6.42 Å². The van der Waals surface area contributed by atoms with Gasteiger partial charge in [-0.15, -0.1) is 0 Å². The maximum absolute atomic E-state index is 12.7. The number of benzene rings is 1. The molecule has 2 rings (SSSR count). The molecule has 1 aromatic rings. The number of halogens is 1. The predicted molar refractivity (Wildman–Crippen MR) is 68.3 cm³/mol. The average Bonchev–Trinajstić information content (AvgIpc) is 2.77. The Morgan fingerprint density at radius 3 is 2.74 bits per heavy atom. The summed E-state index contributed by atoms with van der Waals surface area (Å²) in [4.78, 5) is 13.3. The number of aliphatic hydroxyl groups is 1. The molecular weight excluding hydrogens is 249 g/mol. The standard InChI is InChI=1S/C14H18FNO3/c15-12-2-4-13(5-3-12)19-7-1-6-16-9-11(10-17)8-14(16)18/h2-5,11,17H,1,6-10H2. The van der Waals surface area contributed by atoms with Crippen LogP contribution >= 0.6 is 0 Å². The quantitative estimate of drug-likeness (QED) is 0.793. The van der Waals surface area contributed by atoms with Gasteiger partial charge >= 0.3 is 0 Å². The Morgan fingerprint density at radius 2 is 2.11 bits per heavy atom. The number of carbonyl (C=O) groups is 1. The zero-order chi connectivity index (χ0) is 13.7. The van der Waals surface area contributed by atoms with Crippen LogP contribution in [-0.2, 0) is 4.79 Å². The number of ether oxygens (including phenoxy) is 1. The Balaban J connectivity index is 1.67. The first-order valence-corrected chi connectivity index (χ1v) is 6.46. The lowest BCUT2D eigenvalue weighted by Crippen LogP contribution is -2.27. The second kappa shape index (κ2) is 6.52. The van der Waals surface area contributed by atoms with Crippen molar-refractivity contribution in [3.8, 4) is 5.75 Å². The van der Waals surface area contributed by atoms with Crippen molar-refractivity contribution in [1.82, 2.24) is 4.90 Å². The van der Waals surface area contributed by atoms with E-state index in [0.29, 0.717) is 31.9 Å². The summed E-state index contributed by atoms with van der Waals surface area (Å²) in [5.74, 6) is 0.513. The number of nitrogens with zero attached hydrogens (tertiary/aromatic N) is 1. The monoisotopic (exact) mass is 267 g/mol. The van der Waals surface area contributed by atoms with Gasteiger partial charge in [-0.3, -0.25) is 4.79 Å². The van der Waals surface area contributed by atoms with Gasteiger partial charge in [-0.2, -0.15) is 0 Å². The third-order valence-corrected chi connectivity index (χ3v) is 3.21. The molecule has 0 spiro atoms. The smallest absolute Gasteiger partial charge is 0.223 e. The topological polar surface area (TPSA) is 49.8 Å². The van der Waals surface area contributed by atoms with Crippen LogP contribution in [0.15, 0.2) is 24.3 Å². The van der Waals surface area contributed by atoms with Gasteiger partial charge in [0.2, 0.25) is 5.91 Å². The Labute approximate surface area is 111 Å². The summed E-state index contributed by atoms with van der Waals surface area (Å²) in [6, 6.07) is 5.87. The normalized spacial score (nSPS) is 18.9. The summed E-state index contributed by atoms with van der Waals surface area (Å²) in [5, 5.41) is 9.01.